The van der Waals surface area contributed by atoms with E-state index in [1.165, 1.54) is 18.9 Å². The van der Waals surface area contributed by atoms with E-state index in [0.29, 0.717) is 17.1 Å². The highest BCUT2D eigenvalue weighted by atomic mass is 16.6. The highest BCUT2D eigenvalue weighted by molar-refractivity contribution is 5.61. The van der Waals surface area contributed by atoms with Crippen LogP contribution < -0.4 is 9.47 Å². The number of para-hydroxylation sites is 1. The standard InChI is InChI=1S/C14H17NO4/c1-18-13-8-4-5-11(9-10-15(16)17)14(13)19-12-6-2-3-7-12/h4-5,8-10,12H,2-3,6-7H2,1H3. The molecule has 0 saturated heterocycles. The summed E-state index contributed by atoms with van der Waals surface area (Å²) in [6, 6.07) is 5.38. The fourth-order valence-electron chi connectivity index (χ4n) is 2.26. The number of benzene rings is 1. The summed E-state index contributed by atoms with van der Waals surface area (Å²) in [5.41, 5.74) is 0.669. The minimum absolute atomic E-state index is 0.180. The van der Waals surface area contributed by atoms with Crippen LogP contribution in [0.1, 0.15) is 31.2 Å². The first-order valence-electron chi connectivity index (χ1n) is 6.36. The Kier molecular flexibility index (Phi) is 4.39. The molecule has 0 unspecified atom stereocenters. The third kappa shape index (κ3) is 3.47. The molecule has 1 aliphatic carbocycles. The second-order valence-corrected chi connectivity index (χ2v) is 4.50. The molecule has 5 heteroatoms. The lowest BCUT2D eigenvalue weighted by atomic mass is 10.1. The van der Waals surface area contributed by atoms with Crippen molar-refractivity contribution in [3.63, 3.8) is 0 Å². The SMILES string of the molecule is COc1cccc(C=C[N+](=O)[O-])c1OC1CCCC1. The first-order chi connectivity index (χ1) is 9.20. The lowest BCUT2D eigenvalue weighted by Gasteiger charge is -2.17. The maximum absolute atomic E-state index is 10.4. The van der Waals surface area contributed by atoms with Gasteiger partial charge in [0.25, 0.3) is 0 Å². The molecule has 102 valence electrons. The zero-order valence-electron chi connectivity index (χ0n) is 10.9. The number of hydrogen-bond donors (Lipinski definition) is 0. The normalized spacial score (nSPS) is 15.8. The van der Waals surface area contributed by atoms with Gasteiger partial charge >= 0.3 is 0 Å². The molecular formula is C14H17NO4. The van der Waals surface area contributed by atoms with Crippen LogP contribution in [0.4, 0.5) is 0 Å². The zero-order chi connectivity index (χ0) is 13.7. The van der Waals surface area contributed by atoms with E-state index in [4.69, 9.17) is 9.47 Å². The summed E-state index contributed by atoms with van der Waals surface area (Å²) >= 11 is 0. The molecule has 2 rings (SSSR count). The van der Waals surface area contributed by atoms with Crippen molar-refractivity contribution in [1.29, 1.82) is 0 Å². The Hall–Kier alpha value is -2.04. The quantitative estimate of drug-likeness (QED) is 0.604. The highest BCUT2D eigenvalue weighted by Crippen LogP contribution is 2.35. The van der Waals surface area contributed by atoms with Gasteiger partial charge in [0, 0.05) is 11.6 Å². The summed E-state index contributed by atoms with van der Waals surface area (Å²) in [7, 11) is 1.57. The monoisotopic (exact) mass is 263 g/mol. The van der Waals surface area contributed by atoms with Gasteiger partial charge in [-0.15, -0.1) is 0 Å². The van der Waals surface area contributed by atoms with Gasteiger partial charge < -0.3 is 9.47 Å². The smallest absolute Gasteiger partial charge is 0.235 e. The van der Waals surface area contributed by atoms with Crippen LogP contribution in [-0.2, 0) is 0 Å². The molecule has 0 N–H and O–H groups in total. The number of nitrogens with zero attached hydrogens (tertiary/aromatic N) is 1. The molecule has 0 aromatic heterocycles. The summed E-state index contributed by atoms with van der Waals surface area (Å²) < 4.78 is 11.2. The molecule has 5 nitrogen and oxygen atoms in total. The van der Waals surface area contributed by atoms with E-state index in [1.807, 2.05) is 0 Å². The van der Waals surface area contributed by atoms with Crippen LogP contribution in [0.2, 0.25) is 0 Å². The fraction of sp³-hybridized carbons (Fsp3) is 0.429. The van der Waals surface area contributed by atoms with E-state index in [1.54, 1.807) is 25.3 Å². The Balaban J connectivity index is 2.27. The van der Waals surface area contributed by atoms with Crippen LogP contribution in [0.5, 0.6) is 11.5 Å². The van der Waals surface area contributed by atoms with Gasteiger partial charge in [-0.1, -0.05) is 12.1 Å². The summed E-state index contributed by atoms with van der Waals surface area (Å²) in [6.07, 6.45) is 6.91. The average Bonchev–Trinajstić information content (AvgIpc) is 2.90. The maximum Gasteiger partial charge on any atom is 0.235 e. The van der Waals surface area contributed by atoms with Crippen molar-refractivity contribution < 1.29 is 14.4 Å². The van der Waals surface area contributed by atoms with E-state index >= 15 is 0 Å². The molecule has 0 aliphatic heterocycles. The Morgan fingerprint density at radius 2 is 2.11 bits per heavy atom. The summed E-state index contributed by atoms with van der Waals surface area (Å²) in [5, 5.41) is 10.4. The second-order valence-electron chi connectivity index (χ2n) is 4.50. The fourth-order valence-corrected chi connectivity index (χ4v) is 2.26. The lowest BCUT2D eigenvalue weighted by Crippen LogP contribution is -2.12. The Bertz CT molecular complexity index is 478. The minimum atomic E-state index is -0.487. The van der Waals surface area contributed by atoms with E-state index in [0.717, 1.165) is 19.0 Å². The molecule has 0 amide bonds. The molecule has 1 aromatic carbocycles. The molecule has 1 fully saturated rings. The molecule has 1 saturated carbocycles. The van der Waals surface area contributed by atoms with Crippen LogP contribution in [0, 0.1) is 10.1 Å². The van der Waals surface area contributed by atoms with Gasteiger partial charge in [0.05, 0.1) is 18.1 Å². The van der Waals surface area contributed by atoms with E-state index in [-0.39, 0.29) is 6.10 Å². The predicted molar refractivity (Wildman–Crippen MR) is 71.9 cm³/mol. The number of ether oxygens (including phenoxy) is 2. The Morgan fingerprint density at radius 3 is 2.74 bits per heavy atom. The molecule has 1 aromatic rings. The van der Waals surface area contributed by atoms with Crippen molar-refractivity contribution in [2.45, 2.75) is 31.8 Å². The largest absolute Gasteiger partial charge is 0.493 e. The van der Waals surface area contributed by atoms with Gasteiger partial charge in [0.2, 0.25) is 6.20 Å². The zero-order valence-corrected chi connectivity index (χ0v) is 10.9. The summed E-state index contributed by atoms with van der Waals surface area (Å²) in [4.78, 5) is 9.94. The van der Waals surface area contributed by atoms with Crippen molar-refractivity contribution in [2.24, 2.45) is 0 Å². The summed E-state index contributed by atoms with van der Waals surface area (Å²) in [5.74, 6) is 1.20. The molecule has 0 heterocycles. The van der Waals surface area contributed by atoms with E-state index in [2.05, 4.69) is 0 Å². The van der Waals surface area contributed by atoms with Crippen molar-refractivity contribution in [3.05, 3.63) is 40.1 Å². The first kappa shape index (κ1) is 13.4. The number of methoxy groups -OCH3 is 1. The van der Waals surface area contributed by atoms with Gasteiger partial charge in [-0.05, 0) is 31.7 Å². The molecule has 1 aliphatic rings. The van der Waals surface area contributed by atoms with E-state index < -0.39 is 4.92 Å². The van der Waals surface area contributed by atoms with Gasteiger partial charge in [-0.3, -0.25) is 10.1 Å². The second kappa shape index (κ2) is 6.22. The molecule has 0 radical (unpaired) electrons. The number of hydrogen-bond acceptors (Lipinski definition) is 4. The molecule has 0 spiro atoms. The lowest BCUT2D eigenvalue weighted by molar-refractivity contribution is -0.400. The Labute approximate surface area is 112 Å². The minimum Gasteiger partial charge on any atom is -0.493 e. The number of rotatable bonds is 5. The van der Waals surface area contributed by atoms with Crippen LogP contribution in [0.15, 0.2) is 24.4 Å². The van der Waals surface area contributed by atoms with Crippen molar-refractivity contribution in [2.75, 3.05) is 7.11 Å². The molecule has 0 atom stereocenters. The Morgan fingerprint density at radius 1 is 1.37 bits per heavy atom. The third-order valence-electron chi connectivity index (χ3n) is 3.19. The average molecular weight is 263 g/mol. The summed E-state index contributed by atoms with van der Waals surface area (Å²) in [6.45, 7) is 0. The van der Waals surface area contributed by atoms with Gasteiger partial charge in [0.1, 0.15) is 0 Å². The van der Waals surface area contributed by atoms with Crippen LogP contribution in [0.25, 0.3) is 6.08 Å². The highest BCUT2D eigenvalue weighted by Gasteiger charge is 2.20. The van der Waals surface area contributed by atoms with Gasteiger partial charge in [-0.2, -0.15) is 0 Å². The third-order valence-corrected chi connectivity index (χ3v) is 3.19. The van der Waals surface area contributed by atoms with E-state index in [9.17, 15) is 10.1 Å². The van der Waals surface area contributed by atoms with Crippen LogP contribution in [-0.4, -0.2) is 18.1 Å². The van der Waals surface area contributed by atoms with Crippen molar-refractivity contribution in [3.8, 4) is 11.5 Å². The maximum atomic E-state index is 10.4. The van der Waals surface area contributed by atoms with Gasteiger partial charge in [0.15, 0.2) is 11.5 Å². The first-order valence-corrected chi connectivity index (χ1v) is 6.36. The molecule has 19 heavy (non-hydrogen) atoms. The van der Waals surface area contributed by atoms with Crippen LogP contribution in [0.3, 0.4) is 0 Å². The topological polar surface area (TPSA) is 61.6 Å². The molecule has 0 bridgehead atoms. The predicted octanol–water partition coefficient (Wildman–Crippen LogP) is 3.26. The van der Waals surface area contributed by atoms with Crippen molar-refractivity contribution in [1.82, 2.24) is 0 Å². The van der Waals surface area contributed by atoms with Gasteiger partial charge in [-0.25, -0.2) is 0 Å². The van der Waals surface area contributed by atoms with Crippen LogP contribution >= 0.6 is 0 Å². The van der Waals surface area contributed by atoms with Crippen molar-refractivity contribution >= 4 is 6.08 Å². The molecular weight excluding hydrogens is 246 g/mol. The number of nitro groups is 1.